The zero-order valence-electron chi connectivity index (χ0n) is 10.8. The summed E-state index contributed by atoms with van der Waals surface area (Å²) in [6.07, 6.45) is 0.926. The molecule has 1 amide bonds. The Balaban J connectivity index is 2.20. The molecule has 0 unspecified atom stereocenters. The molecule has 0 heterocycles. The van der Waals surface area contributed by atoms with Gasteiger partial charge in [-0.2, -0.15) is 0 Å². The van der Waals surface area contributed by atoms with Crippen LogP contribution in [0.5, 0.6) is 0 Å². The number of rotatable bonds is 3. The van der Waals surface area contributed by atoms with Crippen molar-refractivity contribution in [1.82, 2.24) is 0 Å². The lowest BCUT2D eigenvalue weighted by molar-refractivity contribution is 0.102. The molecule has 0 aliphatic heterocycles. The van der Waals surface area contributed by atoms with Gasteiger partial charge in [-0.1, -0.05) is 19.1 Å². The van der Waals surface area contributed by atoms with E-state index < -0.39 is 0 Å². The molecule has 0 aliphatic carbocycles. The number of nitrogens with one attached hydrogen (secondary N) is 1. The van der Waals surface area contributed by atoms with Crippen LogP contribution in [0, 0.1) is 0 Å². The molecule has 4 nitrogen and oxygen atoms in total. The second-order valence-corrected chi connectivity index (χ2v) is 4.40. The molecule has 2 rings (SSSR count). The summed E-state index contributed by atoms with van der Waals surface area (Å²) in [5.74, 6) is -0.216. The highest BCUT2D eigenvalue weighted by Crippen LogP contribution is 2.16. The second kappa shape index (κ2) is 5.44. The van der Waals surface area contributed by atoms with Crippen LogP contribution in [-0.2, 0) is 6.42 Å². The minimum atomic E-state index is -0.216. The number of nitrogen functional groups attached to an aromatic ring is 2. The molecule has 0 saturated carbocycles. The Labute approximate surface area is 112 Å². The third-order valence-corrected chi connectivity index (χ3v) is 2.83. The quantitative estimate of drug-likeness (QED) is 0.737. The minimum Gasteiger partial charge on any atom is -0.399 e. The standard InChI is InChI=1S/C15H17N3O/c1-2-10-4-3-5-14(6-10)18-15(19)11-7-12(16)9-13(17)8-11/h3-9H,2,16-17H2,1H3,(H,18,19). The van der Waals surface area contributed by atoms with Crippen molar-refractivity contribution in [3.63, 3.8) is 0 Å². The molecule has 0 aliphatic rings. The number of carbonyl (C=O) groups excluding carboxylic acids is 1. The van der Waals surface area contributed by atoms with Gasteiger partial charge < -0.3 is 16.8 Å². The summed E-state index contributed by atoms with van der Waals surface area (Å²) in [6, 6.07) is 12.6. The fourth-order valence-corrected chi connectivity index (χ4v) is 1.88. The van der Waals surface area contributed by atoms with Crippen molar-refractivity contribution in [2.24, 2.45) is 0 Å². The molecular weight excluding hydrogens is 238 g/mol. The Bertz CT molecular complexity index is 588. The van der Waals surface area contributed by atoms with Gasteiger partial charge >= 0.3 is 0 Å². The molecule has 0 bridgehead atoms. The largest absolute Gasteiger partial charge is 0.399 e. The van der Waals surface area contributed by atoms with Gasteiger partial charge in [0.15, 0.2) is 0 Å². The molecule has 0 aromatic heterocycles. The predicted octanol–water partition coefficient (Wildman–Crippen LogP) is 2.67. The lowest BCUT2D eigenvalue weighted by Crippen LogP contribution is -2.12. The SMILES string of the molecule is CCc1cccc(NC(=O)c2cc(N)cc(N)c2)c1. The molecule has 0 radical (unpaired) electrons. The Morgan fingerprint density at radius 1 is 1.11 bits per heavy atom. The van der Waals surface area contributed by atoms with Crippen molar-refractivity contribution in [2.45, 2.75) is 13.3 Å². The van der Waals surface area contributed by atoms with Crippen LogP contribution in [0.2, 0.25) is 0 Å². The molecule has 4 heteroatoms. The summed E-state index contributed by atoms with van der Waals surface area (Å²) < 4.78 is 0. The topological polar surface area (TPSA) is 81.1 Å². The van der Waals surface area contributed by atoms with Crippen LogP contribution in [0.4, 0.5) is 17.1 Å². The minimum absolute atomic E-state index is 0.216. The van der Waals surface area contributed by atoms with E-state index in [1.54, 1.807) is 18.2 Å². The van der Waals surface area contributed by atoms with Crippen LogP contribution in [-0.4, -0.2) is 5.91 Å². The zero-order valence-corrected chi connectivity index (χ0v) is 10.8. The van der Waals surface area contributed by atoms with Crippen molar-refractivity contribution >= 4 is 23.0 Å². The third kappa shape index (κ3) is 3.25. The first-order valence-corrected chi connectivity index (χ1v) is 6.15. The summed E-state index contributed by atoms with van der Waals surface area (Å²) in [4.78, 5) is 12.1. The Morgan fingerprint density at radius 2 is 1.79 bits per heavy atom. The average Bonchev–Trinajstić information content (AvgIpc) is 2.37. The maximum Gasteiger partial charge on any atom is 0.255 e. The number of hydrogen-bond acceptors (Lipinski definition) is 3. The summed E-state index contributed by atoms with van der Waals surface area (Å²) in [6.45, 7) is 2.07. The number of hydrogen-bond donors (Lipinski definition) is 3. The Kier molecular flexibility index (Phi) is 3.71. The first-order chi connectivity index (χ1) is 9.08. The number of amides is 1. The van der Waals surface area contributed by atoms with Crippen LogP contribution in [0.3, 0.4) is 0 Å². The van der Waals surface area contributed by atoms with Crippen LogP contribution >= 0.6 is 0 Å². The summed E-state index contributed by atoms with van der Waals surface area (Å²) in [7, 11) is 0. The number of aryl methyl sites for hydroxylation is 1. The molecule has 98 valence electrons. The van der Waals surface area contributed by atoms with Gasteiger partial charge in [0, 0.05) is 22.6 Å². The van der Waals surface area contributed by atoms with E-state index in [0.717, 1.165) is 12.1 Å². The Hall–Kier alpha value is -2.49. The van der Waals surface area contributed by atoms with E-state index in [2.05, 4.69) is 12.2 Å². The highest BCUT2D eigenvalue weighted by atomic mass is 16.1. The van der Waals surface area contributed by atoms with Crippen LogP contribution in [0.15, 0.2) is 42.5 Å². The number of nitrogens with two attached hydrogens (primary N) is 2. The van der Waals surface area contributed by atoms with E-state index in [1.807, 2.05) is 24.3 Å². The van der Waals surface area contributed by atoms with Crippen LogP contribution in [0.25, 0.3) is 0 Å². The summed E-state index contributed by atoms with van der Waals surface area (Å²) in [5, 5.41) is 2.84. The second-order valence-electron chi connectivity index (χ2n) is 4.40. The van der Waals surface area contributed by atoms with Gasteiger partial charge in [-0.05, 0) is 42.3 Å². The van der Waals surface area contributed by atoms with Gasteiger partial charge in [0.05, 0.1) is 0 Å². The first-order valence-electron chi connectivity index (χ1n) is 6.15. The van der Waals surface area contributed by atoms with Gasteiger partial charge in [0.1, 0.15) is 0 Å². The van der Waals surface area contributed by atoms with E-state index in [9.17, 15) is 4.79 Å². The maximum absolute atomic E-state index is 12.1. The summed E-state index contributed by atoms with van der Waals surface area (Å²) >= 11 is 0. The molecule has 0 spiro atoms. The molecular formula is C15H17N3O. The van der Waals surface area contributed by atoms with Crippen LogP contribution < -0.4 is 16.8 Å². The van der Waals surface area contributed by atoms with Gasteiger partial charge in [0.25, 0.3) is 5.91 Å². The molecule has 2 aromatic rings. The normalized spacial score (nSPS) is 10.2. The third-order valence-electron chi connectivity index (χ3n) is 2.83. The van der Waals surface area contributed by atoms with E-state index >= 15 is 0 Å². The number of anilines is 3. The fraction of sp³-hybridized carbons (Fsp3) is 0.133. The molecule has 19 heavy (non-hydrogen) atoms. The lowest BCUT2D eigenvalue weighted by atomic mass is 10.1. The first kappa shape index (κ1) is 13.0. The number of benzene rings is 2. The summed E-state index contributed by atoms with van der Waals surface area (Å²) in [5.41, 5.74) is 14.7. The fourth-order valence-electron chi connectivity index (χ4n) is 1.88. The van der Waals surface area contributed by atoms with E-state index in [4.69, 9.17) is 11.5 Å². The highest BCUT2D eigenvalue weighted by Gasteiger charge is 2.07. The lowest BCUT2D eigenvalue weighted by Gasteiger charge is -2.08. The Morgan fingerprint density at radius 3 is 2.42 bits per heavy atom. The number of carbonyl (C=O) groups is 1. The molecule has 5 N–H and O–H groups in total. The molecule has 0 atom stereocenters. The van der Waals surface area contributed by atoms with Crippen molar-refractivity contribution in [3.8, 4) is 0 Å². The molecule has 0 fully saturated rings. The van der Waals surface area contributed by atoms with Crippen molar-refractivity contribution in [1.29, 1.82) is 0 Å². The zero-order chi connectivity index (χ0) is 13.8. The van der Waals surface area contributed by atoms with Gasteiger partial charge in [-0.15, -0.1) is 0 Å². The van der Waals surface area contributed by atoms with E-state index in [1.165, 1.54) is 5.56 Å². The van der Waals surface area contributed by atoms with Crippen LogP contribution in [0.1, 0.15) is 22.8 Å². The smallest absolute Gasteiger partial charge is 0.255 e. The van der Waals surface area contributed by atoms with Gasteiger partial charge in [0.2, 0.25) is 0 Å². The van der Waals surface area contributed by atoms with Crippen molar-refractivity contribution in [3.05, 3.63) is 53.6 Å². The van der Waals surface area contributed by atoms with E-state index in [0.29, 0.717) is 16.9 Å². The van der Waals surface area contributed by atoms with Gasteiger partial charge in [-0.3, -0.25) is 4.79 Å². The van der Waals surface area contributed by atoms with Crippen molar-refractivity contribution < 1.29 is 4.79 Å². The molecule has 0 saturated heterocycles. The monoisotopic (exact) mass is 255 g/mol. The highest BCUT2D eigenvalue weighted by molar-refractivity contribution is 6.05. The average molecular weight is 255 g/mol. The van der Waals surface area contributed by atoms with E-state index in [-0.39, 0.29) is 5.91 Å². The predicted molar refractivity (Wildman–Crippen MR) is 79.0 cm³/mol. The van der Waals surface area contributed by atoms with Gasteiger partial charge in [-0.25, -0.2) is 0 Å². The maximum atomic E-state index is 12.1. The molecule has 2 aromatic carbocycles. The van der Waals surface area contributed by atoms with Crippen molar-refractivity contribution in [2.75, 3.05) is 16.8 Å².